The summed E-state index contributed by atoms with van der Waals surface area (Å²) in [6, 6.07) is -0.584. The van der Waals surface area contributed by atoms with Gasteiger partial charge in [0.2, 0.25) is 5.91 Å². The van der Waals surface area contributed by atoms with E-state index in [4.69, 9.17) is 5.11 Å². The quantitative estimate of drug-likeness (QED) is 0.602. The van der Waals surface area contributed by atoms with Crippen molar-refractivity contribution in [3.8, 4) is 0 Å². The van der Waals surface area contributed by atoms with Gasteiger partial charge in [-0.2, -0.15) is 0 Å². The molecule has 1 heterocycles. The van der Waals surface area contributed by atoms with E-state index in [0.717, 1.165) is 0 Å². The minimum absolute atomic E-state index is 0.122. The number of aliphatic hydroxyl groups excluding tert-OH is 1. The predicted octanol–water partition coefficient (Wildman–Crippen LogP) is -0.579. The fraction of sp³-hybridized carbons (Fsp3) is 0.818. The Balaban J connectivity index is 2.47. The molecule has 98 valence electrons. The Labute approximate surface area is 101 Å². The number of aliphatic carboxylic acids is 1. The molecule has 2 atom stereocenters. The zero-order valence-corrected chi connectivity index (χ0v) is 10.2. The van der Waals surface area contributed by atoms with Crippen LogP contribution in [0.3, 0.4) is 0 Å². The summed E-state index contributed by atoms with van der Waals surface area (Å²) >= 11 is 0. The number of nitrogens with zero attached hydrogens (tertiary/aromatic N) is 1. The van der Waals surface area contributed by atoms with E-state index in [1.165, 1.54) is 4.90 Å². The highest BCUT2D eigenvalue weighted by Crippen LogP contribution is 2.18. The fourth-order valence-corrected chi connectivity index (χ4v) is 1.93. The Hall–Kier alpha value is -1.14. The van der Waals surface area contributed by atoms with E-state index in [-0.39, 0.29) is 25.3 Å². The lowest BCUT2D eigenvalue weighted by Crippen LogP contribution is -2.41. The lowest BCUT2D eigenvalue weighted by Gasteiger charge is -2.21. The average Bonchev–Trinajstić information content (AvgIpc) is 2.59. The lowest BCUT2D eigenvalue weighted by atomic mass is 10.2. The molecule has 0 aromatic heterocycles. The number of carbonyl (C=O) groups excluding carboxylic acids is 1. The molecule has 1 saturated heterocycles. The standard InChI is InChI=1S/C11H20N2O4/c1-7(2)12-4-3-10(15)13-6-8(14)5-9(13)11(16)17/h7-9,12,14H,3-6H2,1-2H3,(H,16,17)/t8-,9-/m1/s1. The van der Waals surface area contributed by atoms with Crippen LogP contribution in [0, 0.1) is 0 Å². The first-order valence-corrected chi connectivity index (χ1v) is 5.85. The van der Waals surface area contributed by atoms with Gasteiger partial charge in [-0.15, -0.1) is 0 Å². The third-order valence-corrected chi connectivity index (χ3v) is 2.78. The minimum Gasteiger partial charge on any atom is -0.480 e. The summed E-state index contributed by atoms with van der Waals surface area (Å²) in [4.78, 5) is 24.0. The highest BCUT2D eigenvalue weighted by Gasteiger charge is 2.38. The molecule has 0 saturated carbocycles. The zero-order chi connectivity index (χ0) is 13.0. The molecule has 0 bridgehead atoms. The first kappa shape index (κ1) is 13.9. The normalized spacial score (nSPS) is 24.4. The Morgan fingerprint density at radius 1 is 1.47 bits per heavy atom. The van der Waals surface area contributed by atoms with E-state index in [0.29, 0.717) is 12.6 Å². The molecule has 6 heteroatoms. The Morgan fingerprint density at radius 3 is 2.65 bits per heavy atom. The second-order valence-corrected chi connectivity index (χ2v) is 4.65. The van der Waals surface area contributed by atoms with Crippen molar-refractivity contribution in [3.63, 3.8) is 0 Å². The van der Waals surface area contributed by atoms with E-state index in [1.54, 1.807) is 0 Å². The summed E-state index contributed by atoms with van der Waals surface area (Å²) in [6.07, 6.45) is -0.342. The van der Waals surface area contributed by atoms with Crippen LogP contribution in [0.15, 0.2) is 0 Å². The van der Waals surface area contributed by atoms with Crippen molar-refractivity contribution in [1.82, 2.24) is 10.2 Å². The van der Waals surface area contributed by atoms with Gasteiger partial charge in [0.1, 0.15) is 6.04 Å². The summed E-state index contributed by atoms with van der Waals surface area (Å²) in [5.41, 5.74) is 0. The van der Waals surface area contributed by atoms with Gasteiger partial charge >= 0.3 is 5.97 Å². The minimum atomic E-state index is -1.05. The maximum Gasteiger partial charge on any atom is 0.326 e. The Bertz CT molecular complexity index is 293. The molecule has 0 aromatic carbocycles. The van der Waals surface area contributed by atoms with Crippen LogP contribution < -0.4 is 5.32 Å². The molecule has 1 fully saturated rings. The summed E-state index contributed by atoms with van der Waals surface area (Å²) in [7, 11) is 0. The van der Waals surface area contributed by atoms with Crippen LogP contribution in [0.5, 0.6) is 0 Å². The SMILES string of the molecule is CC(C)NCCC(=O)N1C[C@H](O)C[C@@H]1C(=O)O. The van der Waals surface area contributed by atoms with Gasteiger partial charge in [-0.3, -0.25) is 4.79 Å². The van der Waals surface area contributed by atoms with E-state index >= 15 is 0 Å². The Morgan fingerprint density at radius 2 is 2.12 bits per heavy atom. The number of carboxylic acid groups (broad SMARTS) is 1. The molecule has 0 aromatic rings. The van der Waals surface area contributed by atoms with E-state index in [1.807, 2.05) is 13.8 Å². The molecular weight excluding hydrogens is 224 g/mol. The maximum atomic E-state index is 11.8. The highest BCUT2D eigenvalue weighted by atomic mass is 16.4. The fourth-order valence-electron chi connectivity index (χ4n) is 1.93. The number of aliphatic hydroxyl groups is 1. The van der Waals surface area contributed by atoms with Crippen molar-refractivity contribution in [2.45, 2.75) is 44.9 Å². The molecule has 1 rings (SSSR count). The molecule has 17 heavy (non-hydrogen) atoms. The van der Waals surface area contributed by atoms with Gasteiger partial charge in [0, 0.05) is 32.0 Å². The van der Waals surface area contributed by atoms with Crippen molar-refractivity contribution in [3.05, 3.63) is 0 Å². The second-order valence-electron chi connectivity index (χ2n) is 4.65. The molecule has 0 spiro atoms. The molecule has 0 aliphatic carbocycles. The number of hydrogen-bond donors (Lipinski definition) is 3. The molecule has 6 nitrogen and oxygen atoms in total. The van der Waals surface area contributed by atoms with Crippen LogP contribution in [-0.2, 0) is 9.59 Å². The van der Waals surface area contributed by atoms with Crippen molar-refractivity contribution < 1.29 is 19.8 Å². The summed E-state index contributed by atoms with van der Waals surface area (Å²) < 4.78 is 0. The number of nitrogens with one attached hydrogen (secondary N) is 1. The van der Waals surface area contributed by atoms with Crippen molar-refractivity contribution in [1.29, 1.82) is 0 Å². The van der Waals surface area contributed by atoms with Crippen LogP contribution in [0.2, 0.25) is 0 Å². The third-order valence-electron chi connectivity index (χ3n) is 2.78. The summed E-state index contributed by atoms with van der Waals surface area (Å²) in [5, 5.41) is 21.4. The zero-order valence-electron chi connectivity index (χ0n) is 10.2. The number of carboxylic acids is 1. The molecular formula is C11H20N2O4. The molecule has 0 unspecified atom stereocenters. The van der Waals surface area contributed by atoms with Crippen LogP contribution in [0.4, 0.5) is 0 Å². The number of rotatable bonds is 5. The third kappa shape index (κ3) is 3.98. The average molecular weight is 244 g/mol. The van der Waals surface area contributed by atoms with Gasteiger partial charge in [0.05, 0.1) is 6.10 Å². The van der Waals surface area contributed by atoms with Crippen LogP contribution in [0.1, 0.15) is 26.7 Å². The van der Waals surface area contributed by atoms with E-state index in [9.17, 15) is 14.7 Å². The van der Waals surface area contributed by atoms with Gasteiger partial charge in [0.25, 0.3) is 0 Å². The maximum absolute atomic E-state index is 11.8. The van der Waals surface area contributed by atoms with Crippen molar-refractivity contribution in [2.24, 2.45) is 0 Å². The van der Waals surface area contributed by atoms with E-state index in [2.05, 4.69) is 5.32 Å². The summed E-state index contributed by atoms with van der Waals surface area (Å²) in [6.45, 7) is 4.60. The topological polar surface area (TPSA) is 89.9 Å². The van der Waals surface area contributed by atoms with Crippen molar-refractivity contribution >= 4 is 11.9 Å². The molecule has 0 radical (unpaired) electrons. The van der Waals surface area contributed by atoms with Gasteiger partial charge in [0.15, 0.2) is 0 Å². The van der Waals surface area contributed by atoms with Crippen molar-refractivity contribution in [2.75, 3.05) is 13.1 Å². The van der Waals surface area contributed by atoms with E-state index < -0.39 is 18.1 Å². The second kappa shape index (κ2) is 5.97. The number of hydrogen-bond acceptors (Lipinski definition) is 4. The number of amides is 1. The smallest absolute Gasteiger partial charge is 0.326 e. The number of likely N-dealkylation sites (tertiary alicyclic amines) is 1. The highest BCUT2D eigenvalue weighted by molar-refractivity contribution is 5.84. The van der Waals surface area contributed by atoms with Crippen LogP contribution in [0.25, 0.3) is 0 Å². The van der Waals surface area contributed by atoms with Crippen LogP contribution in [-0.4, -0.2) is 58.3 Å². The summed E-state index contributed by atoms with van der Waals surface area (Å²) in [5.74, 6) is -1.27. The largest absolute Gasteiger partial charge is 0.480 e. The van der Waals surface area contributed by atoms with Gasteiger partial charge in [-0.25, -0.2) is 4.79 Å². The molecule has 1 amide bonds. The van der Waals surface area contributed by atoms with Gasteiger partial charge < -0.3 is 20.4 Å². The van der Waals surface area contributed by atoms with Crippen LogP contribution >= 0.6 is 0 Å². The first-order valence-electron chi connectivity index (χ1n) is 5.85. The molecule has 1 aliphatic heterocycles. The van der Waals surface area contributed by atoms with Gasteiger partial charge in [-0.05, 0) is 0 Å². The number of carbonyl (C=O) groups is 2. The van der Waals surface area contributed by atoms with Gasteiger partial charge in [-0.1, -0.05) is 13.8 Å². The first-order chi connectivity index (χ1) is 7.91. The monoisotopic (exact) mass is 244 g/mol. The number of β-amino-alcohol motifs (C(OH)–C–C–N with tert-alkyl or cyclic N) is 1. The lowest BCUT2D eigenvalue weighted by molar-refractivity contribution is -0.148. The predicted molar refractivity (Wildman–Crippen MR) is 61.5 cm³/mol. The molecule has 3 N–H and O–H groups in total. The Kier molecular flexibility index (Phi) is 4.89. The molecule has 1 aliphatic rings.